The Morgan fingerprint density at radius 2 is 2.03 bits per heavy atom. The van der Waals surface area contributed by atoms with Crippen LogP contribution in [0.2, 0.25) is 0 Å². The summed E-state index contributed by atoms with van der Waals surface area (Å²) < 4.78 is 9.24. The first kappa shape index (κ1) is 22.0. The monoisotopic (exact) mass is 460 g/mol. The molecule has 0 spiro atoms. The summed E-state index contributed by atoms with van der Waals surface area (Å²) in [6, 6.07) is 8.34. The van der Waals surface area contributed by atoms with Crippen LogP contribution < -0.4 is 11.1 Å². The number of carbonyl (C=O) groups excluding carboxylic acids is 1. The molecular weight excluding hydrogens is 432 g/mol. The van der Waals surface area contributed by atoms with E-state index in [1.807, 2.05) is 40.7 Å². The number of imidazole rings is 1. The van der Waals surface area contributed by atoms with E-state index >= 15 is 0 Å². The van der Waals surface area contributed by atoms with Gasteiger partial charge in [0.1, 0.15) is 11.8 Å². The van der Waals surface area contributed by atoms with Crippen LogP contribution in [0.15, 0.2) is 49.2 Å². The van der Waals surface area contributed by atoms with Crippen molar-refractivity contribution in [3.63, 3.8) is 0 Å². The van der Waals surface area contributed by atoms with Gasteiger partial charge in [0.2, 0.25) is 11.9 Å². The van der Waals surface area contributed by atoms with E-state index in [9.17, 15) is 4.79 Å². The third-order valence-electron chi connectivity index (χ3n) is 6.24. The summed E-state index contributed by atoms with van der Waals surface area (Å²) in [6.07, 6.45) is 9.74. The Balaban J connectivity index is 1.32. The minimum Gasteiger partial charge on any atom is -0.380 e. The molecule has 1 aliphatic rings. The molecule has 3 N–H and O–H groups in total. The minimum absolute atomic E-state index is 0.0814. The lowest BCUT2D eigenvalue weighted by atomic mass is 10.1. The zero-order valence-electron chi connectivity index (χ0n) is 19.1. The number of hydrogen-bond acceptors (Lipinski definition) is 7. The Labute approximate surface area is 197 Å². The van der Waals surface area contributed by atoms with Gasteiger partial charge in [0.05, 0.1) is 25.5 Å². The largest absolute Gasteiger partial charge is 0.380 e. The second-order valence-corrected chi connectivity index (χ2v) is 8.51. The summed E-state index contributed by atoms with van der Waals surface area (Å²) in [5, 5.41) is 7.76. The highest BCUT2D eigenvalue weighted by Gasteiger charge is 2.28. The van der Waals surface area contributed by atoms with Crippen LogP contribution in [0.1, 0.15) is 26.2 Å². The fraction of sp³-hybridized carbons (Fsp3) is 0.375. The third kappa shape index (κ3) is 4.62. The standard InChI is InChI=1S/C24H28N8O2/c1-2-34-10-9-31-14-18(12-28-31)16-4-7-20(8-5-16)32-15-27-21-13-26-24(30-23(21)32)29-19-6-3-17(11-19)22(25)33/h4-5,7-8,12-15,17,19H,2-3,6,9-11H2,1H3,(H2,25,33)(H,26,29,30). The van der Waals surface area contributed by atoms with Crippen LogP contribution in [0.25, 0.3) is 28.0 Å². The number of nitrogens with one attached hydrogen (secondary N) is 1. The van der Waals surface area contributed by atoms with Crippen LogP contribution in [0.3, 0.4) is 0 Å². The molecule has 4 aromatic rings. The first-order chi connectivity index (χ1) is 16.6. The summed E-state index contributed by atoms with van der Waals surface area (Å²) in [5.74, 6) is 0.211. The molecule has 5 rings (SSSR count). The maximum atomic E-state index is 11.5. The van der Waals surface area contributed by atoms with Gasteiger partial charge in [0, 0.05) is 36.0 Å². The molecular formula is C24H28N8O2. The van der Waals surface area contributed by atoms with Crippen molar-refractivity contribution in [2.45, 2.75) is 38.8 Å². The molecule has 0 radical (unpaired) electrons. The smallest absolute Gasteiger partial charge is 0.224 e. The molecule has 0 aliphatic heterocycles. The van der Waals surface area contributed by atoms with Gasteiger partial charge in [-0.25, -0.2) is 9.97 Å². The molecule has 176 valence electrons. The molecule has 10 heteroatoms. The summed E-state index contributed by atoms with van der Waals surface area (Å²) in [4.78, 5) is 25.0. The number of fused-ring (bicyclic) bond motifs is 1. The molecule has 2 atom stereocenters. The van der Waals surface area contributed by atoms with Crippen molar-refractivity contribution in [2.24, 2.45) is 11.7 Å². The molecule has 10 nitrogen and oxygen atoms in total. The van der Waals surface area contributed by atoms with Gasteiger partial charge in [0.25, 0.3) is 0 Å². The minimum atomic E-state index is -0.236. The quantitative estimate of drug-likeness (QED) is 0.368. The topological polar surface area (TPSA) is 126 Å². The van der Waals surface area contributed by atoms with E-state index in [1.54, 1.807) is 12.5 Å². The van der Waals surface area contributed by atoms with Gasteiger partial charge in [-0.3, -0.25) is 14.0 Å². The van der Waals surface area contributed by atoms with E-state index in [0.717, 1.165) is 41.8 Å². The second-order valence-electron chi connectivity index (χ2n) is 8.51. The maximum Gasteiger partial charge on any atom is 0.224 e. The van der Waals surface area contributed by atoms with Crippen LogP contribution in [0, 0.1) is 5.92 Å². The van der Waals surface area contributed by atoms with Crippen LogP contribution in [-0.4, -0.2) is 54.5 Å². The van der Waals surface area contributed by atoms with Gasteiger partial charge in [0.15, 0.2) is 5.65 Å². The average molecular weight is 461 g/mol. The van der Waals surface area contributed by atoms with Gasteiger partial charge in [-0.15, -0.1) is 0 Å². The van der Waals surface area contributed by atoms with Crippen LogP contribution in [0.5, 0.6) is 0 Å². The first-order valence-electron chi connectivity index (χ1n) is 11.6. The number of primary amides is 1. The number of rotatable bonds is 9. The lowest BCUT2D eigenvalue weighted by molar-refractivity contribution is -0.121. The van der Waals surface area contributed by atoms with Crippen molar-refractivity contribution in [2.75, 3.05) is 18.5 Å². The molecule has 0 bridgehead atoms. The lowest BCUT2D eigenvalue weighted by Crippen LogP contribution is -2.23. The van der Waals surface area contributed by atoms with E-state index in [-0.39, 0.29) is 17.9 Å². The Hall–Kier alpha value is -3.79. The normalized spacial score (nSPS) is 17.9. The molecule has 1 fully saturated rings. The number of amides is 1. The number of ether oxygens (including phenoxy) is 1. The Morgan fingerprint density at radius 1 is 1.18 bits per heavy atom. The Morgan fingerprint density at radius 3 is 2.79 bits per heavy atom. The summed E-state index contributed by atoms with van der Waals surface area (Å²) in [7, 11) is 0. The van der Waals surface area contributed by atoms with E-state index in [2.05, 4.69) is 32.5 Å². The van der Waals surface area contributed by atoms with Gasteiger partial charge in [-0.2, -0.15) is 10.1 Å². The van der Waals surface area contributed by atoms with Crippen molar-refractivity contribution >= 4 is 23.0 Å². The lowest BCUT2D eigenvalue weighted by Gasteiger charge is -2.12. The predicted octanol–water partition coefficient (Wildman–Crippen LogP) is 2.78. The molecule has 1 saturated carbocycles. The number of anilines is 1. The van der Waals surface area contributed by atoms with Crippen LogP contribution >= 0.6 is 0 Å². The molecule has 1 aromatic carbocycles. The van der Waals surface area contributed by atoms with Gasteiger partial charge in [-0.05, 0) is 43.9 Å². The maximum absolute atomic E-state index is 11.5. The van der Waals surface area contributed by atoms with E-state index in [0.29, 0.717) is 31.1 Å². The molecule has 3 aromatic heterocycles. The molecule has 2 unspecified atom stereocenters. The zero-order valence-corrected chi connectivity index (χ0v) is 19.1. The van der Waals surface area contributed by atoms with Crippen LogP contribution in [0.4, 0.5) is 5.95 Å². The van der Waals surface area contributed by atoms with Crippen molar-refractivity contribution < 1.29 is 9.53 Å². The first-order valence-corrected chi connectivity index (χ1v) is 11.6. The average Bonchev–Trinajstić information content (AvgIpc) is 3.59. The zero-order chi connectivity index (χ0) is 23.5. The van der Waals surface area contributed by atoms with Gasteiger partial charge >= 0.3 is 0 Å². The number of aromatic nitrogens is 6. The summed E-state index contributed by atoms with van der Waals surface area (Å²) in [6.45, 7) is 4.07. The van der Waals surface area contributed by atoms with E-state index in [1.165, 1.54) is 0 Å². The number of nitrogens with two attached hydrogens (primary N) is 1. The molecule has 34 heavy (non-hydrogen) atoms. The molecule has 1 aliphatic carbocycles. The van der Waals surface area contributed by atoms with E-state index in [4.69, 9.17) is 15.5 Å². The van der Waals surface area contributed by atoms with E-state index < -0.39 is 0 Å². The Bertz CT molecular complexity index is 1280. The van der Waals surface area contributed by atoms with Crippen molar-refractivity contribution in [1.82, 2.24) is 29.3 Å². The fourth-order valence-electron chi connectivity index (χ4n) is 4.37. The number of benzene rings is 1. The molecule has 0 saturated heterocycles. The molecule has 3 heterocycles. The summed E-state index contributed by atoms with van der Waals surface area (Å²) >= 11 is 0. The van der Waals surface area contributed by atoms with Gasteiger partial charge in [-0.1, -0.05) is 12.1 Å². The second kappa shape index (κ2) is 9.60. The highest BCUT2D eigenvalue weighted by molar-refractivity contribution is 5.77. The predicted molar refractivity (Wildman–Crippen MR) is 128 cm³/mol. The summed E-state index contributed by atoms with van der Waals surface area (Å²) in [5.41, 5.74) is 9.98. The van der Waals surface area contributed by atoms with Crippen molar-refractivity contribution in [3.8, 4) is 16.8 Å². The number of carbonyl (C=O) groups is 1. The Kier molecular flexibility index (Phi) is 6.22. The molecule has 1 amide bonds. The van der Waals surface area contributed by atoms with Crippen LogP contribution in [-0.2, 0) is 16.1 Å². The number of nitrogens with zero attached hydrogens (tertiary/aromatic N) is 6. The number of hydrogen-bond donors (Lipinski definition) is 2. The fourth-order valence-corrected chi connectivity index (χ4v) is 4.37. The van der Waals surface area contributed by atoms with Crippen molar-refractivity contribution in [3.05, 3.63) is 49.2 Å². The third-order valence-corrected chi connectivity index (χ3v) is 6.24. The van der Waals surface area contributed by atoms with Crippen molar-refractivity contribution in [1.29, 1.82) is 0 Å². The highest BCUT2D eigenvalue weighted by atomic mass is 16.5. The highest BCUT2D eigenvalue weighted by Crippen LogP contribution is 2.28. The van der Waals surface area contributed by atoms with Gasteiger partial charge < -0.3 is 15.8 Å². The SMILES string of the molecule is CCOCCn1cc(-c2ccc(-n3cnc4cnc(NC5CCC(C(N)=O)C5)nc43)cc2)cn1.